The number of thiocarbonyl (C=S) groups is 1. The molecule has 1 heterocycles. The maximum Gasteiger partial charge on any atom is 0.437 e. The van der Waals surface area contributed by atoms with E-state index in [1.807, 2.05) is 11.4 Å². The van der Waals surface area contributed by atoms with Gasteiger partial charge in [-0.25, -0.2) is 0 Å². The van der Waals surface area contributed by atoms with Gasteiger partial charge in [0.15, 0.2) is 10.9 Å². The molecule has 4 rings (SSSR count). The minimum atomic E-state index is -5.19. The largest absolute Gasteiger partial charge is 0.457 e. The van der Waals surface area contributed by atoms with Crippen molar-refractivity contribution in [1.29, 1.82) is 0 Å². The van der Waals surface area contributed by atoms with Crippen LogP contribution in [-0.2, 0) is 0 Å². The number of rotatable bonds is 5. The zero-order chi connectivity index (χ0) is 23.6. The Morgan fingerprint density at radius 2 is 1.55 bits per heavy atom. The third-order valence-electron chi connectivity index (χ3n) is 5.34. The molecule has 0 spiro atoms. The molecule has 9 heteroatoms. The van der Waals surface area contributed by atoms with Gasteiger partial charge >= 0.3 is 6.18 Å². The Labute approximate surface area is 193 Å². The highest BCUT2D eigenvalue weighted by atomic mass is 32.1. The molecule has 3 atom stereocenters. The molecule has 3 N–H and O–H groups in total. The molecule has 0 aromatic heterocycles. The van der Waals surface area contributed by atoms with Gasteiger partial charge < -0.3 is 20.5 Å². The Bertz CT molecular complexity index is 1160. The van der Waals surface area contributed by atoms with Crippen molar-refractivity contribution >= 4 is 23.1 Å². The van der Waals surface area contributed by atoms with Crippen molar-refractivity contribution in [3.05, 3.63) is 96.1 Å². The number of benzene rings is 3. The van der Waals surface area contributed by atoms with Crippen LogP contribution in [0.3, 0.4) is 0 Å². The summed E-state index contributed by atoms with van der Waals surface area (Å²) in [6.07, 6.45) is -5.19. The Hall–Kier alpha value is -3.43. The number of carbonyl (C=O) groups is 1. The molecule has 0 saturated carbocycles. The fourth-order valence-electron chi connectivity index (χ4n) is 3.79. The highest BCUT2D eigenvalue weighted by Gasteiger charge is 2.65. The van der Waals surface area contributed by atoms with Crippen LogP contribution in [0.1, 0.15) is 22.0 Å². The van der Waals surface area contributed by atoms with Crippen LogP contribution in [0.5, 0.6) is 11.5 Å². The van der Waals surface area contributed by atoms with E-state index in [9.17, 15) is 23.1 Å². The van der Waals surface area contributed by atoms with Gasteiger partial charge in [0.1, 0.15) is 17.4 Å². The van der Waals surface area contributed by atoms with Crippen LogP contribution in [0, 0.1) is 5.92 Å². The van der Waals surface area contributed by atoms with E-state index in [0.717, 1.165) is 0 Å². The summed E-state index contributed by atoms with van der Waals surface area (Å²) in [6.45, 7) is 0. The van der Waals surface area contributed by atoms with Crippen LogP contribution < -0.4 is 15.4 Å². The van der Waals surface area contributed by atoms with Crippen LogP contribution in [0.25, 0.3) is 0 Å². The summed E-state index contributed by atoms with van der Waals surface area (Å²) in [7, 11) is 0. The summed E-state index contributed by atoms with van der Waals surface area (Å²) in [5.74, 6) is -1.98. The lowest BCUT2D eigenvalue weighted by molar-refractivity contribution is -0.285. The molecule has 0 radical (unpaired) electrons. The number of nitrogens with one attached hydrogen (secondary N) is 2. The first-order valence-electron chi connectivity index (χ1n) is 9.99. The number of halogens is 3. The lowest BCUT2D eigenvalue weighted by Crippen LogP contribution is -2.72. The molecule has 0 unspecified atom stereocenters. The van der Waals surface area contributed by atoms with Gasteiger partial charge in [0, 0.05) is 5.56 Å². The molecule has 33 heavy (non-hydrogen) atoms. The number of alkyl halides is 3. The third-order valence-corrected chi connectivity index (χ3v) is 5.56. The van der Waals surface area contributed by atoms with E-state index in [-0.39, 0.29) is 5.56 Å². The van der Waals surface area contributed by atoms with Crippen LogP contribution in [0.4, 0.5) is 13.2 Å². The number of Topliss-reactive ketones (excluding diaryl/α,β-unsaturated/α-hetero) is 1. The fraction of sp³-hybridized carbons (Fsp3) is 0.167. The number of aliphatic hydroxyl groups is 1. The first-order chi connectivity index (χ1) is 15.7. The molecule has 1 fully saturated rings. The van der Waals surface area contributed by atoms with E-state index in [1.54, 1.807) is 48.5 Å². The van der Waals surface area contributed by atoms with Crippen molar-refractivity contribution in [1.82, 2.24) is 10.6 Å². The topological polar surface area (TPSA) is 70.6 Å². The number of hydrogen-bond acceptors (Lipinski definition) is 4. The molecule has 1 saturated heterocycles. The van der Waals surface area contributed by atoms with Gasteiger partial charge in [-0.1, -0.05) is 60.7 Å². The second-order valence-electron chi connectivity index (χ2n) is 7.54. The summed E-state index contributed by atoms with van der Waals surface area (Å²) in [4.78, 5) is 13.3. The molecule has 3 aromatic carbocycles. The summed E-state index contributed by atoms with van der Waals surface area (Å²) < 4.78 is 48.1. The number of para-hydroxylation sites is 1. The maximum atomic E-state index is 14.1. The van der Waals surface area contributed by atoms with E-state index < -0.39 is 34.8 Å². The van der Waals surface area contributed by atoms with Crippen molar-refractivity contribution in [3.63, 3.8) is 0 Å². The molecule has 0 bridgehead atoms. The lowest BCUT2D eigenvalue weighted by Gasteiger charge is -2.46. The summed E-state index contributed by atoms with van der Waals surface area (Å²) >= 11 is 4.97. The Balaban J connectivity index is 1.78. The highest BCUT2D eigenvalue weighted by Crippen LogP contribution is 2.44. The van der Waals surface area contributed by atoms with Crippen molar-refractivity contribution in [3.8, 4) is 11.5 Å². The number of ether oxygens (including phenoxy) is 1. The average molecular weight is 472 g/mol. The van der Waals surface area contributed by atoms with Gasteiger partial charge in [-0.3, -0.25) is 4.79 Å². The van der Waals surface area contributed by atoms with Crippen LogP contribution in [0.2, 0.25) is 0 Å². The van der Waals surface area contributed by atoms with Crippen molar-refractivity contribution in [2.75, 3.05) is 0 Å². The molecule has 3 aromatic rings. The number of carbonyl (C=O) groups excluding carboxylic acids is 1. The maximum absolute atomic E-state index is 14.1. The van der Waals surface area contributed by atoms with E-state index in [1.165, 1.54) is 30.3 Å². The van der Waals surface area contributed by atoms with Gasteiger partial charge in [0.05, 0.1) is 6.04 Å². The minimum Gasteiger partial charge on any atom is -0.457 e. The van der Waals surface area contributed by atoms with Gasteiger partial charge in [-0.2, -0.15) is 13.2 Å². The SMILES string of the molecule is O=C(c1ccccc1)[C@@H]1[C@H](c2cccc(Oc3ccccc3)c2)NC(=S)N[C@@]1(O)C(F)(F)F. The van der Waals surface area contributed by atoms with Crippen molar-refractivity contribution in [2.24, 2.45) is 5.92 Å². The molecular formula is C24H19F3N2O3S. The summed E-state index contributed by atoms with van der Waals surface area (Å²) in [5.41, 5.74) is -3.25. The quantitative estimate of drug-likeness (QED) is 0.368. The Morgan fingerprint density at radius 3 is 2.18 bits per heavy atom. The third kappa shape index (κ3) is 4.55. The van der Waals surface area contributed by atoms with Gasteiger partial charge in [-0.15, -0.1) is 0 Å². The minimum absolute atomic E-state index is 0.0308. The zero-order valence-electron chi connectivity index (χ0n) is 17.0. The monoisotopic (exact) mass is 472 g/mol. The first-order valence-corrected chi connectivity index (χ1v) is 10.4. The predicted octanol–water partition coefficient (Wildman–Crippen LogP) is 4.75. The van der Waals surface area contributed by atoms with Crippen LogP contribution >= 0.6 is 12.2 Å². The highest BCUT2D eigenvalue weighted by molar-refractivity contribution is 7.80. The Kier molecular flexibility index (Phi) is 6.09. The smallest absolute Gasteiger partial charge is 0.437 e. The van der Waals surface area contributed by atoms with Gasteiger partial charge in [-0.05, 0) is 42.0 Å². The average Bonchev–Trinajstić information content (AvgIpc) is 2.79. The molecule has 1 aliphatic heterocycles. The van der Waals surface area contributed by atoms with Crippen LogP contribution in [0.15, 0.2) is 84.9 Å². The number of hydrogen-bond donors (Lipinski definition) is 3. The van der Waals surface area contributed by atoms with Crippen molar-refractivity contribution in [2.45, 2.75) is 17.9 Å². The van der Waals surface area contributed by atoms with Gasteiger partial charge in [0.25, 0.3) is 0 Å². The standard InChI is InChI=1S/C24H19F3N2O3S/c25-24(26,27)23(31)19(21(30)15-8-3-1-4-9-15)20(28-22(33)29-23)16-10-7-13-18(14-16)32-17-11-5-2-6-12-17/h1-14,19-20,31H,(H2,28,29,33)/t19-,20-,23-/m0/s1. The molecule has 0 aliphatic carbocycles. The summed E-state index contributed by atoms with van der Waals surface area (Å²) in [6, 6.07) is 21.4. The van der Waals surface area contributed by atoms with E-state index in [4.69, 9.17) is 17.0 Å². The fourth-order valence-corrected chi connectivity index (χ4v) is 4.08. The zero-order valence-corrected chi connectivity index (χ0v) is 17.9. The van der Waals surface area contributed by atoms with Gasteiger partial charge in [0.2, 0.25) is 5.72 Å². The Morgan fingerprint density at radius 1 is 0.939 bits per heavy atom. The molecule has 1 aliphatic rings. The predicted molar refractivity (Wildman–Crippen MR) is 120 cm³/mol. The number of ketones is 1. The van der Waals surface area contributed by atoms with E-state index in [0.29, 0.717) is 17.1 Å². The molecular weight excluding hydrogens is 453 g/mol. The first kappa shape index (κ1) is 22.8. The summed E-state index contributed by atoms with van der Waals surface area (Å²) in [5, 5.41) is 15.0. The van der Waals surface area contributed by atoms with Crippen LogP contribution in [-0.4, -0.2) is 27.9 Å². The molecule has 5 nitrogen and oxygen atoms in total. The second kappa shape index (κ2) is 8.84. The molecule has 170 valence electrons. The molecule has 0 amide bonds. The lowest BCUT2D eigenvalue weighted by atomic mass is 9.77. The second-order valence-corrected chi connectivity index (χ2v) is 7.94. The normalized spacial score (nSPS) is 22.7. The van der Waals surface area contributed by atoms with Crippen molar-refractivity contribution < 1.29 is 27.8 Å². The van der Waals surface area contributed by atoms with E-state index in [2.05, 4.69) is 5.32 Å². The van der Waals surface area contributed by atoms with E-state index >= 15 is 0 Å².